The Morgan fingerprint density at radius 2 is 1.45 bits per heavy atom. The fourth-order valence-electron chi connectivity index (χ4n) is 4.58. The second kappa shape index (κ2) is 13.4. The molecule has 0 saturated carbocycles. The Morgan fingerprint density at radius 3 is 1.98 bits per heavy atom. The van der Waals surface area contributed by atoms with Gasteiger partial charge in [0.15, 0.2) is 0 Å². The molecule has 0 aliphatic carbocycles. The first-order valence-corrected chi connectivity index (χ1v) is 16.6. The summed E-state index contributed by atoms with van der Waals surface area (Å²) in [5.41, 5.74) is 2.47. The Hall–Kier alpha value is -3.17. The van der Waals surface area contributed by atoms with E-state index < -0.39 is 34.1 Å². The molecule has 1 atom stereocenters. The first kappa shape index (κ1) is 33.3. The number of anilines is 1. The molecule has 9 heteroatoms. The number of hydrogen-bond acceptors (Lipinski definition) is 4. The van der Waals surface area contributed by atoms with Crippen molar-refractivity contribution in [1.82, 2.24) is 10.2 Å². The van der Waals surface area contributed by atoms with Crippen molar-refractivity contribution >= 4 is 43.5 Å². The van der Waals surface area contributed by atoms with Gasteiger partial charge in [0.2, 0.25) is 21.8 Å². The molecule has 3 aromatic carbocycles. The summed E-state index contributed by atoms with van der Waals surface area (Å²) in [5.74, 6) is -0.791. The van der Waals surface area contributed by atoms with E-state index >= 15 is 0 Å². The zero-order valence-electron chi connectivity index (χ0n) is 25.5. The van der Waals surface area contributed by atoms with Gasteiger partial charge in [0, 0.05) is 23.0 Å². The maximum Gasteiger partial charge on any atom is 0.244 e. The summed E-state index contributed by atoms with van der Waals surface area (Å²) < 4.78 is 28.0. The number of carbonyl (C=O) groups excluding carboxylic acids is 2. The van der Waals surface area contributed by atoms with Crippen LogP contribution in [0.1, 0.15) is 58.2 Å². The van der Waals surface area contributed by atoms with E-state index in [1.807, 2.05) is 87.5 Å². The van der Waals surface area contributed by atoms with Crippen LogP contribution in [-0.2, 0) is 38.0 Å². The van der Waals surface area contributed by atoms with E-state index in [2.05, 4.69) is 42.0 Å². The Morgan fingerprint density at radius 1 is 0.857 bits per heavy atom. The quantitative estimate of drug-likeness (QED) is 0.287. The van der Waals surface area contributed by atoms with Gasteiger partial charge in [-0.05, 0) is 67.1 Å². The van der Waals surface area contributed by atoms with Crippen molar-refractivity contribution in [3.8, 4) is 0 Å². The third-order valence-corrected chi connectivity index (χ3v) is 8.35. The van der Waals surface area contributed by atoms with Crippen LogP contribution in [0.25, 0.3) is 0 Å². The van der Waals surface area contributed by atoms with E-state index in [4.69, 9.17) is 0 Å². The van der Waals surface area contributed by atoms with E-state index in [0.29, 0.717) is 5.69 Å². The largest absolute Gasteiger partial charge is 0.350 e. The molecule has 42 heavy (non-hydrogen) atoms. The molecule has 0 radical (unpaired) electrons. The highest BCUT2D eigenvalue weighted by Crippen LogP contribution is 2.27. The highest BCUT2D eigenvalue weighted by molar-refractivity contribution is 9.10. The van der Waals surface area contributed by atoms with Crippen molar-refractivity contribution in [2.75, 3.05) is 17.1 Å². The SMILES string of the molecule is CC(C)(C)NC(=O)[C@H](Cc1ccccc1)N(Cc1cccc(Br)c1)C(=O)CN(c1ccc(C(C)(C)C)cc1)S(C)(=O)=O. The van der Waals surface area contributed by atoms with Crippen molar-refractivity contribution in [2.45, 2.75) is 71.5 Å². The van der Waals surface area contributed by atoms with E-state index in [0.717, 1.165) is 31.7 Å². The van der Waals surface area contributed by atoms with Gasteiger partial charge in [-0.2, -0.15) is 0 Å². The zero-order chi connectivity index (χ0) is 31.3. The maximum atomic E-state index is 14.2. The molecule has 0 spiro atoms. The smallest absolute Gasteiger partial charge is 0.244 e. The standard InChI is InChI=1S/C33H42BrN3O4S/c1-32(2,3)26-16-18-28(19-17-26)37(42(7,40)41)23-30(38)36(22-25-14-11-15-27(34)20-25)29(31(39)35-33(4,5)6)21-24-12-9-8-10-13-24/h8-20,29H,21-23H2,1-7H3,(H,35,39)/t29-/m0/s1. The number of nitrogens with zero attached hydrogens (tertiary/aromatic N) is 2. The van der Waals surface area contributed by atoms with Gasteiger partial charge in [-0.25, -0.2) is 8.42 Å². The van der Waals surface area contributed by atoms with Crippen LogP contribution in [-0.4, -0.2) is 49.5 Å². The molecule has 3 aromatic rings. The fraction of sp³-hybridized carbons (Fsp3) is 0.394. The molecule has 0 fully saturated rings. The monoisotopic (exact) mass is 655 g/mol. The molecule has 226 valence electrons. The number of nitrogens with one attached hydrogen (secondary N) is 1. The Kier molecular flexibility index (Phi) is 10.7. The second-order valence-corrected chi connectivity index (χ2v) is 15.5. The number of benzene rings is 3. The molecule has 3 rings (SSSR count). The molecule has 0 aliphatic rings. The summed E-state index contributed by atoms with van der Waals surface area (Å²) in [6.45, 7) is 11.6. The molecular weight excluding hydrogens is 614 g/mol. The average molecular weight is 657 g/mol. The van der Waals surface area contributed by atoms with Gasteiger partial charge in [0.05, 0.1) is 11.9 Å². The number of rotatable bonds is 10. The van der Waals surface area contributed by atoms with Crippen LogP contribution in [0.2, 0.25) is 0 Å². The summed E-state index contributed by atoms with van der Waals surface area (Å²) >= 11 is 3.49. The number of amides is 2. The Balaban J connectivity index is 2.07. The molecular formula is C33H42BrN3O4S. The lowest BCUT2D eigenvalue weighted by atomic mass is 9.87. The van der Waals surface area contributed by atoms with Crippen LogP contribution in [0.5, 0.6) is 0 Å². The molecule has 0 aliphatic heterocycles. The third kappa shape index (κ3) is 9.70. The summed E-state index contributed by atoms with van der Waals surface area (Å²) in [5, 5.41) is 3.03. The predicted octanol–water partition coefficient (Wildman–Crippen LogP) is 6.07. The highest BCUT2D eigenvalue weighted by atomic mass is 79.9. The van der Waals surface area contributed by atoms with Crippen molar-refractivity contribution < 1.29 is 18.0 Å². The van der Waals surface area contributed by atoms with Gasteiger partial charge in [0.1, 0.15) is 12.6 Å². The minimum absolute atomic E-state index is 0.115. The lowest BCUT2D eigenvalue weighted by Gasteiger charge is -2.35. The van der Waals surface area contributed by atoms with Crippen LogP contribution in [0.3, 0.4) is 0 Å². The number of halogens is 1. The van der Waals surface area contributed by atoms with Crippen LogP contribution in [0, 0.1) is 0 Å². The van der Waals surface area contributed by atoms with Gasteiger partial charge in [-0.3, -0.25) is 13.9 Å². The van der Waals surface area contributed by atoms with Gasteiger partial charge >= 0.3 is 0 Å². The second-order valence-electron chi connectivity index (χ2n) is 12.7. The molecule has 0 heterocycles. The van der Waals surface area contributed by atoms with E-state index in [9.17, 15) is 18.0 Å². The summed E-state index contributed by atoms with van der Waals surface area (Å²) in [4.78, 5) is 29.5. The topological polar surface area (TPSA) is 86.8 Å². The van der Waals surface area contributed by atoms with Crippen LogP contribution < -0.4 is 9.62 Å². The van der Waals surface area contributed by atoms with E-state index in [1.54, 1.807) is 12.1 Å². The van der Waals surface area contributed by atoms with Crippen LogP contribution in [0.15, 0.2) is 83.3 Å². The van der Waals surface area contributed by atoms with Crippen molar-refractivity contribution in [3.05, 3.63) is 100 Å². The summed E-state index contributed by atoms with van der Waals surface area (Å²) in [6.07, 6.45) is 1.35. The molecule has 0 saturated heterocycles. The van der Waals surface area contributed by atoms with E-state index in [1.165, 1.54) is 4.90 Å². The maximum absolute atomic E-state index is 14.2. The summed E-state index contributed by atoms with van der Waals surface area (Å²) in [7, 11) is -3.83. The molecule has 2 amide bonds. The number of sulfonamides is 1. The molecule has 0 aromatic heterocycles. The Bertz CT molecular complexity index is 1480. The minimum Gasteiger partial charge on any atom is -0.350 e. The van der Waals surface area contributed by atoms with E-state index in [-0.39, 0.29) is 24.3 Å². The van der Waals surface area contributed by atoms with Gasteiger partial charge in [-0.15, -0.1) is 0 Å². The average Bonchev–Trinajstić information content (AvgIpc) is 2.87. The van der Waals surface area contributed by atoms with Crippen molar-refractivity contribution in [2.24, 2.45) is 0 Å². The van der Waals surface area contributed by atoms with Crippen LogP contribution >= 0.6 is 15.9 Å². The van der Waals surface area contributed by atoms with Crippen molar-refractivity contribution in [3.63, 3.8) is 0 Å². The van der Waals surface area contributed by atoms with Gasteiger partial charge in [0.25, 0.3) is 0 Å². The van der Waals surface area contributed by atoms with Gasteiger partial charge in [-0.1, -0.05) is 91.3 Å². The molecule has 0 unspecified atom stereocenters. The fourth-order valence-corrected chi connectivity index (χ4v) is 5.88. The molecule has 7 nitrogen and oxygen atoms in total. The Labute approximate surface area is 259 Å². The van der Waals surface area contributed by atoms with Crippen LogP contribution in [0.4, 0.5) is 5.69 Å². The zero-order valence-corrected chi connectivity index (χ0v) is 27.9. The third-order valence-electron chi connectivity index (χ3n) is 6.71. The lowest BCUT2D eigenvalue weighted by molar-refractivity contribution is -0.140. The highest BCUT2D eigenvalue weighted by Gasteiger charge is 2.34. The molecule has 1 N–H and O–H groups in total. The normalized spacial score (nSPS) is 12.9. The predicted molar refractivity (Wildman–Crippen MR) is 174 cm³/mol. The summed E-state index contributed by atoms with van der Waals surface area (Å²) in [6, 6.07) is 23.3. The van der Waals surface area contributed by atoms with Gasteiger partial charge < -0.3 is 10.2 Å². The lowest BCUT2D eigenvalue weighted by Crippen LogP contribution is -2.56. The first-order valence-electron chi connectivity index (χ1n) is 13.9. The van der Waals surface area contributed by atoms with Crippen molar-refractivity contribution in [1.29, 1.82) is 0 Å². The number of carbonyl (C=O) groups is 2. The molecule has 0 bridgehead atoms. The number of hydrogen-bond donors (Lipinski definition) is 1. The minimum atomic E-state index is -3.83. The first-order chi connectivity index (χ1) is 19.4.